The van der Waals surface area contributed by atoms with Gasteiger partial charge in [0, 0.05) is 25.9 Å². The Morgan fingerprint density at radius 3 is 1.06 bits per heavy atom. The molecule has 0 aliphatic rings. The Morgan fingerprint density at radius 1 is 0.515 bits per heavy atom. The molecule has 0 aliphatic carbocycles. The highest BCUT2D eigenvalue weighted by Crippen LogP contribution is 1.89. The van der Waals surface area contributed by atoms with Gasteiger partial charge in [0.15, 0.2) is 0 Å². The molecule has 2 N–H and O–H groups in total. The topological polar surface area (TPSA) is 123 Å². The van der Waals surface area contributed by atoms with Gasteiger partial charge in [-0.05, 0) is 0 Å². The van der Waals surface area contributed by atoms with Crippen molar-refractivity contribution in [2.75, 3.05) is 106 Å². The molecule has 0 aromatic heterocycles. The molecule has 0 bridgehead atoms. The summed E-state index contributed by atoms with van der Waals surface area (Å²) in [4.78, 5) is 22.0. The maximum absolute atomic E-state index is 11.3. The number of hydrogen-bond donors (Lipinski definition) is 2. The standard InChI is InChI=1S/C22H44N2O9/c1-20(2)22(26)24-5-7-28-9-11-30-13-15-32-17-19-33-18-16-31-14-12-29-10-8-27-6-4-23-21(3)25/h20H,4-19H2,1-3H3,(H,23,25)(H,24,26). The smallest absolute Gasteiger partial charge is 0.222 e. The van der Waals surface area contributed by atoms with E-state index in [9.17, 15) is 9.59 Å². The Bertz CT molecular complexity index is 454. The molecule has 196 valence electrons. The highest BCUT2D eigenvalue weighted by atomic mass is 16.6. The van der Waals surface area contributed by atoms with E-state index in [1.165, 1.54) is 6.92 Å². The average molecular weight is 481 g/mol. The lowest BCUT2D eigenvalue weighted by molar-refractivity contribution is -0.124. The number of carbonyl (C=O) groups excluding carboxylic acids is 2. The minimum absolute atomic E-state index is 0.0104. The molecule has 0 heterocycles. The van der Waals surface area contributed by atoms with E-state index in [0.29, 0.717) is 106 Å². The Kier molecular flexibility index (Phi) is 24.3. The molecule has 33 heavy (non-hydrogen) atoms. The second-order valence-corrected chi connectivity index (χ2v) is 7.22. The molecule has 0 aromatic carbocycles. The van der Waals surface area contributed by atoms with Crippen LogP contribution in [0.3, 0.4) is 0 Å². The van der Waals surface area contributed by atoms with Crippen LogP contribution >= 0.6 is 0 Å². The summed E-state index contributed by atoms with van der Waals surface area (Å²) in [5.41, 5.74) is 0. The lowest BCUT2D eigenvalue weighted by atomic mass is 10.2. The van der Waals surface area contributed by atoms with Gasteiger partial charge in [-0.2, -0.15) is 0 Å². The summed E-state index contributed by atoms with van der Waals surface area (Å²) in [7, 11) is 0. The van der Waals surface area contributed by atoms with Crippen molar-refractivity contribution in [1.82, 2.24) is 10.6 Å². The van der Waals surface area contributed by atoms with E-state index < -0.39 is 0 Å². The first-order valence-electron chi connectivity index (χ1n) is 11.6. The number of nitrogens with one attached hydrogen (secondary N) is 2. The van der Waals surface area contributed by atoms with Crippen LogP contribution in [-0.4, -0.2) is 117 Å². The molecular formula is C22H44N2O9. The van der Waals surface area contributed by atoms with E-state index in [4.69, 9.17) is 33.2 Å². The van der Waals surface area contributed by atoms with Crippen LogP contribution in [0, 0.1) is 5.92 Å². The van der Waals surface area contributed by atoms with Gasteiger partial charge in [0.1, 0.15) is 0 Å². The fourth-order valence-electron chi connectivity index (χ4n) is 2.17. The van der Waals surface area contributed by atoms with Crippen molar-refractivity contribution in [2.45, 2.75) is 20.8 Å². The van der Waals surface area contributed by atoms with Crippen molar-refractivity contribution in [1.29, 1.82) is 0 Å². The molecule has 0 aromatic rings. The zero-order chi connectivity index (χ0) is 24.4. The third-order valence-corrected chi connectivity index (χ3v) is 3.92. The van der Waals surface area contributed by atoms with Gasteiger partial charge in [-0.3, -0.25) is 9.59 Å². The van der Waals surface area contributed by atoms with Crippen molar-refractivity contribution in [3.8, 4) is 0 Å². The maximum atomic E-state index is 11.3. The van der Waals surface area contributed by atoms with Crippen LogP contribution in [0.5, 0.6) is 0 Å². The monoisotopic (exact) mass is 480 g/mol. The van der Waals surface area contributed by atoms with Crippen LogP contribution in [0.4, 0.5) is 0 Å². The second kappa shape index (κ2) is 25.3. The Hall–Kier alpha value is -1.34. The van der Waals surface area contributed by atoms with E-state index in [0.717, 1.165) is 0 Å². The van der Waals surface area contributed by atoms with E-state index >= 15 is 0 Å². The normalized spacial score (nSPS) is 11.2. The van der Waals surface area contributed by atoms with Crippen LogP contribution in [0.15, 0.2) is 0 Å². The summed E-state index contributed by atoms with van der Waals surface area (Å²) in [5.74, 6) is -0.0401. The number of carbonyl (C=O) groups is 2. The number of ether oxygens (including phenoxy) is 7. The van der Waals surface area contributed by atoms with Gasteiger partial charge in [0.25, 0.3) is 0 Å². The average Bonchev–Trinajstić information content (AvgIpc) is 2.78. The number of hydrogen-bond acceptors (Lipinski definition) is 9. The lowest BCUT2D eigenvalue weighted by Gasteiger charge is -2.09. The van der Waals surface area contributed by atoms with Gasteiger partial charge in [-0.25, -0.2) is 0 Å². The molecule has 0 saturated heterocycles. The molecule has 0 saturated carbocycles. The summed E-state index contributed by atoms with van der Waals surface area (Å²) in [6, 6.07) is 0. The van der Waals surface area contributed by atoms with Crippen LogP contribution in [0.1, 0.15) is 20.8 Å². The van der Waals surface area contributed by atoms with Crippen LogP contribution in [0.2, 0.25) is 0 Å². The number of amides is 2. The van der Waals surface area contributed by atoms with Crippen molar-refractivity contribution in [3.05, 3.63) is 0 Å². The van der Waals surface area contributed by atoms with Gasteiger partial charge >= 0.3 is 0 Å². The summed E-state index contributed by atoms with van der Waals surface area (Å²) in [6.07, 6.45) is 0. The van der Waals surface area contributed by atoms with Crippen molar-refractivity contribution in [3.63, 3.8) is 0 Å². The predicted molar refractivity (Wildman–Crippen MR) is 122 cm³/mol. The fourth-order valence-corrected chi connectivity index (χ4v) is 2.17. The highest BCUT2D eigenvalue weighted by molar-refractivity contribution is 5.77. The third-order valence-electron chi connectivity index (χ3n) is 3.92. The summed E-state index contributed by atoms with van der Waals surface area (Å²) >= 11 is 0. The minimum atomic E-state index is -0.0611. The molecule has 0 rings (SSSR count). The largest absolute Gasteiger partial charge is 0.377 e. The Balaban J connectivity index is 3.06. The summed E-state index contributed by atoms with van der Waals surface area (Å²) < 4.78 is 37.7. The van der Waals surface area contributed by atoms with Crippen molar-refractivity contribution in [2.24, 2.45) is 5.92 Å². The molecule has 11 nitrogen and oxygen atoms in total. The molecule has 2 amide bonds. The minimum Gasteiger partial charge on any atom is -0.377 e. The maximum Gasteiger partial charge on any atom is 0.222 e. The molecule has 0 radical (unpaired) electrons. The first kappa shape index (κ1) is 31.7. The fraction of sp³-hybridized carbons (Fsp3) is 0.909. The van der Waals surface area contributed by atoms with Crippen LogP contribution < -0.4 is 10.6 Å². The van der Waals surface area contributed by atoms with Gasteiger partial charge in [0.2, 0.25) is 11.8 Å². The highest BCUT2D eigenvalue weighted by Gasteiger charge is 2.04. The van der Waals surface area contributed by atoms with Crippen LogP contribution in [0.25, 0.3) is 0 Å². The van der Waals surface area contributed by atoms with Crippen molar-refractivity contribution >= 4 is 11.8 Å². The zero-order valence-electron chi connectivity index (χ0n) is 20.6. The van der Waals surface area contributed by atoms with Gasteiger partial charge in [-0.15, -0.1) is 0 Å². The molecule has 0 spiro atoms. The van der Waals surface area contributed by atoms with Crippen molar-refractivity contribution < 1.29 is 42.7 Å². The Labute approximate surface area is 198 Å². The number of rotatable bonds is 25. The molecule has 0 atom stereocenters. The van der Waals surface area contributed by atoms with Gasteiger partial charge in [-0.1, -0.05) is 13.8 Å². The molecule has 0 unspecified atom stereocenters. The quantitative estimate of drug-likeness (QED) is 0.174. The summed E-state index contributed by atoms with van der Waals surface area (Å²) in [5, 5.41) is 5.44. The first-order valence-corrected chi connectivity index (χ1v) is 11.6. The molecule has 11 heteroatoms. The first-order chi connectivity index (χ1) is 16.0. The van der Waals surface area contributed by atoms with Crippen LogP contribution in [-0.2, 0) is 42.7 Å². The second-order valence-electron chi connectivity index (χ2n) is 7.22. The van der Waals surface area contributed by atoms with E-state index in [-0.39, 0.29) is 17.7 Å². The lowest BCUT2D eigenvalue weighted by Crippen LogP contribution is -2.31. The van der Waals surface area contributed by atoms with E-state index in [2.05, 4.69) is 10.6 Å². The summed E-state index contributed by atoms with van der Waals surface area (Å²) in [6.45, 7) is 13.1. The van der Waals surface area contributed by atoms with E-state index in [1.807, 2.05) is 13.8 Å². The molecular weight excluding hydrogens is 436 g/mol. The third kappa shape index (κ3) is 26.8. The predicted octanol–water partition coefficient (Wildman–Crippen LogP) is 0.0109. The Morgan fingerprint density at radius 2 is 0.788 bits per heavy atom. The van der Waals surface area contributed by atoms with Gasteiger partial charge < -0.3 is 43.8 Å². The SMILES string of the molecule is CC(=O)NCCOCCOCCOCCOCCOCCOCCOCCNC(=O)C(C)C. The molecule has 0 aliphatic heterocycles. The zero-order valence-corrected chi connectivity index (χ0v) is 20.6. The molecule has 0 fully saturated rings. The van der Waals surface area contributed by atoms with Gasteiger partial charge in [0.05, 0.1) is 92.5 Å². The van der Waals surface area contributed by atoms with E-state index in [1.54, 1.807) is 0 Å².